The molecule has 1 aliphatic heterocycles. The Morgan fingerprint density at radius 2 is 1.90 bits per heavy atom. The third-order valence-electron chi connectivity index (χ3n) is 4.65. The Kier molecular flexibility index (Phi) is 4.51. The number of nitrogens with one attached hydrogen (secondary N) is 1. The van der Waals surface area contributed by atoms with Crippen LogP contribution in [0.15, 0.2) is 36.4 Å². The molecule has 1 saturated heterocycles. The number of hydrogen-bond acceptors (Lipinski definition) is 3. The quantitative estimate of drug-likeness (QED) is 0.934. The standard InChI is InChI=1S/C18H25N3/c1-3-14(2)18(21-12-10-19-11-13-21)17-9-8-15-6-4-5-7-16(15)20-17/h4-9,14,18-19H,3,10-13H2,1-2H3/t14?,18-/m1/s1. The van der Waals surface area contributed by atoms with Gasteiger partial charge < -0.3 is 5.32 Å². The Labute approximate surface area is 127 Å². The first-order valence-corrected chi connectivity index (χ1v) is 8.10. The smallest absolute Gasteiger partial charge is 0.0706 e. The van der Waals surface area contributed by atoms with Crippen molar-refractivity contribution >= 4 is 10.9 Å². The summed E-state index contributed by atoms with van der Waals surface area (Å²) in [5.41, 5.74) is 2.34. The zero-order valence-electron chi connectivity index (χ0n) is 13.0. The number of para-hydroxylation sites is 1. The first-order valence-electron chi connectivity index (χ1n) is 8.10. The van der Waals surface area contributed by atoms with Gasteiger partial charge in [-0.1, -0.05) is 44.5 Å². The van der Waals surface area contributed by atoms with Crippen LogP contribution in [-0.4, -0.2) is 36.1 Å². The second-order valence-electron chi connectivity index (χ2n) is 6.05. The molecule has 0 radical (unpaired) electrons. The molecular weight excluding hydrogens is 258 g/mol. The molecule has 112 valence electrons. The Bertz CT molecular complexity index is 590. The van der Waals surface area contributed by atoms with E-state index < -0.39 is 0 Å². The molecule has 1 N–H and O–H groups in total. The molecule has 0 spiro atoms. The lowest BCUT2D eigenvalue weighted by Crippen LogP contribution is -2.46. The molecule has 1 aliphatic rings. The summed E-state index contributed by atoms with van der Waals surface area (Å²) in [6, 6.07) is 13.3. The van der Waals surface area contributed by atoms with E-state index in [1.807, 2.05) is 0 Å². The topological polar surface area (TPSA) is 28.2 Å². The highest BCUT2D eigenvalue weighted by molar-refractivity contribution is 5.78. The normalized spacial score (nSPS) is 19.5. The second kappa shape index (κ2) is 6.54. The minimum absolute atomic E-state index is 0.432. The Balaban J connectivity index is 1.96. The average molecular weight is 283 g/mol. The fourth-order valence-corrected chi connectivity index (χ4v) is 3.27. The molecule has 2 aromatic rings. The lowest BCUT2D eigenvalue weighted by Gasteiger charge is -2.37. The van der Waals surface area contributed by atoms with Gasteiger partial charge in [-0.3, -0.25) is 9.88 Å². The predicted molar refractivity (Wildman–Crippen MR) is 88.4 cm³/mol. The minimum atomic E-state index is 0.432. The molecule has 3 rings (SSSR count). The lowest BCUT2D eigenvalue weighted by atomic mass is 9.93. The molecule has 21 heavy (non-hydrogen) atoms. The maximum Gasteiger partial charge on any atom is 0.0706 e. The molecule has 1 unspecified atom stereocenters. The summed E-state index contributed by atoms with van der Waals surface area (Å²) in [6.07, 6.45) is 1.18. The van der Waals surface area contributed by atoms with Crippen LogP contribution in [0, 0.1) is 5.92 Å². The third kappa shape index (κ3) is 3.09. The van der Waals surface area contributed by atoms with Crippen molar-refractivity contribution in [1.82, 2.24) is 15.2 Å². The number of benzene rings is 1. The minimum Gasteiger partial charge on any atom is -0.314 e. The number of fused-ring (bicyclic) bond motifs is 1. The SMILES string of the molecule is CCC(C)[C@H](c1ccc2ccccc2n1)N1CCNCC1. The van der Waals surface area contributed by atoms with E-state index >= 15 is 0 Å². The highest BCUT2D eigenvalue weighted by Gasteiger charge is 2.27. The molecule has 0 saturated carbocycles. The van der Waals surface area contributed by atoms with E-state index in [-0.39, 0.29) is 0 Å². The van der Waals surface area contributed by atoms with Crippen molar-refractivity contribution in [3.63, 3.8) is 0 Å². The summed E-state index contributed by atoms with van der Waals surface area (Å²) in [4.78, 5) is 7.56. The zero-order chi connectivity index (χ0) is 14.7. The number of nitrogens with zero attached hydrogens (tertiary/aromatic N) is 2. The van der Waals surface area contributed by atoms with Crippen molar-refractivity contribution in [2.45, 2.75) is 26.3 Å². The molecule has 1 aromatic heterocycles. The number of hydrogen-bond donors (Lipinski definition) is 1. The van der Waals surface area contributed by atoms with Gasteiger partial charge in [0.15, 0.2) is 0 Å². The van der Waals surface area contributed by atoms with Crippen LogP contribution < -0.4 is 5.32 Å². The van der Waals surface area contributed by atoms with Gasteiger partial charge in [0, 0.05) is 31.6 Å². The molecule has 2 heterocycles. The van der Waals surface area contributed by atoms with Gasteiger partial charge in [-0.15, -0.1) is 0 Å². The van der Waals surface area contributed by atoms with Gasteiger partial charge in [-0.2, -0.15) is 0 Å². The van der Waals surface area contributed by atoms with Gasteiger partial charge >= 0.3 is 0 Å². The first kappa shape index (κ1) is 14.5. The molecule has 2 atom stereocenters. The summed E-state index contributed by atoms with van der Waals surface area (Å²) in [7, 11) is 0. The molecule has 3 heteroatoms. The Hall–Kier alpha value is -1.45. The molecule has 1 aromatic carbocycles. The maximum absolute atomic E-state index is 4.96. The van der Waals surface area contributed by atoms with Gasteiger partial charge in [0.1, 0.15) is 0 Å². The summed E-state index contributed by atoms with van der Waals surface area (Å²) in [5, 5.41) is 4.67. The van der Waals surface area contributed by atoms with Crippen LogP contribution in [0.1, 0.15) is 32.0 Å². The number of rotatable bonds is 4. The summed E-state index contributed by atoms with van der Waals surface area (Å²) < 4.78 is 0. The zero-order valence-corrected chi connectivity index (χ0v) is 13.0. The molecular formula is C18H25N3. The van der Waals surface area contributed by atoms with Crippen molar-refractivity contribution in [1.29, 1.82) is 0 Å². The maximum atomic E-state index is 4.96. The lowest BCUT2D eigenvalue weighted by molar-refractivity contribution is 0.125. The van der Waals surface area contributed by atoms with E-state index in [9.17, 15) is 0 Å². The van der Waals surface area contributed by atoms with Crippen molar-refractivity contribution in [3.8, 4) is 0 Å². The fraction of sp³-hybridized carbons (Fsp3) is 0.500. The predicted octanol–water partition coefficient (Wildman–Crippen LogP) is 3.23. The van der Waals surface area contributed by atoms with E-state index in [1.165, 1.54) is 17.5 Å². The van der Waals surface area contributed by atoms with Gasteiger partial charge in [-0.25, -0.2) is 0 Å². The van der Waals surface area contributed by atoms with Crippen molar-refractivity contribution in [2.24, 2.45) is 5.92 Å². The Morgan fingerprint density at radius 1 is 1.14 bits per heavy atom. The van der Waals surface area contributed by atoms with Crippen LogP contribution in [0.4, 0.5) is 0 Å². The summed E-state index contributed by atoms with van der Waals surface area (Å²) >= 11 is 0. The van der Waals surface area contributed by atoms with Crippen LogP contribution >= 0.6 is 0 Å². The summed E-state index contributed by atoms with van der Waals surface area (Å²) in [6.45, 7) is 9.03. The molecule has 1 fully saturated rings. The average Bonchev–Trinajstić information content (AvgIpc) is 2.56. The largest absolute Gasteiger partial charge is 0.314 e. The van der Waals surface area contributed by atoms with Gasteiger partial charge in [0.05, 0.1) is 17.3 Å². The highest BCUT2D eigenvalue weighted by Crippen LogP contribution is 2.30. The van der Waals surface area contributed by atoms with Crippen LogP contribution in [0.5, 0.6) is 0 Å². The van der Waals surface area contributed by atoms with Crippen molar-refractivity contribution in [3.05, 3.63) is 42.1 Å². The summed E-state index contributed by atoms with van der Waals surface area (Å²) in [5.74, 6) is 0.622. The molecule has 0 bridgehead atoms. The number of piperazine rings is 1. The van der Waals surface area contributed by atoms with E-state index in [0.717, 1.165) is 31.7 Å². The van der Waals surface area contributed by atoms with E-state index in [1.54, 1.807) is 0 Å². The Morgan fingerprint density at radius 3 is 2.67 bits per heavy atom. The van der Waals surface area contributed by atoms with Crippen LogP contribution in [-0.2, 0) is 0 Å². The van der Waals surface area contributed by atoms with Crippen molar-refractivity contribution in [2.75, 3.05) is 26.2 Å². The fourth-order valence-electron chi connectivity index (χ4n) is 3.27. The van der Waals surface area contributed by atoms with E-state index in [2.05, 4.69) is 60.5 Å². The van der Waals surface area contributed by atoms with E-state index in [0.29, 0.717) is 12.0 Å². The van der Waals surface area contributed by atoms with Crippen molar-refractivity contribution < 1.29 is 0 Å². The van der Waals surface area contributed by atoms with Gasteiger partial charge in [0.25, 0.3) is 0 Å². The van der Waals surface area contributed by atoms with Crippen LogP contribution in [0.3, 0.4) is 0 Å². The van der Waals surface area contributed by atoms with E-state index in [4.69, 9.17) is 4.98 Å². The first-order chi connectivity index (χ1) is 10.3. The third-order valence-corrected chi connectivity index (χ3v) is 4.65. The molecule has 3 nitrogen and oxygen atoms in total. The second-order valence-corrected chi connectivity index (χ2v) is 6.05. The van der Waals surface area contributed by atoms with Crippen LogP contribution in [0.25, 0.3) is 10.9 Å². The van der Waals surface area contributed by atoms with Gasteiger partial charge in [0.2, 0.25) is 0 Å². The highest BCUT2D eigenvalue weighted by atomic mass is 15.2. The van der Waals surface area contributed by atoms with Gasteiger partial charge in [-0.05, 0) is 18.1 Å². The monoisotopic (exact) mass is 283 g/mol. The molecule has 0 amide bonds. The number of pyridine rings is 1. The molecule has 0 aliphatic carbocycles. The number of aromatic nitrogens is 1. The van der Waals surface area contributed by atoms with Crippen LogP contribution in [0.2, 0.25) is 0 Å².